The first-order valence-corrected chi connectivity index (χ1v) is 12.8. The number of carboxylic acids is 1. The van der Waals surface area contributed by atoms with Crippen molar-refractivity contribution in [3.05, 3.63) is 82.1 Å². The molecular formula is C28H27ClN4O5. The normalized spacial score (nSPS) is 19.0. The van der Waals surface area contributed by atoms with Crippen LogP contribution in [0.3, 0.4) is 0 Å². The fourth-order valence-corrected chi connectivity index (χ4v) is 5.30. The molecule has 5 N–H and O–H groups in total. The number of carbonyl (C=O) groups excluding carboxylic acids is 2. The zero-order valence-electron chi connectivity index (χ0n) is 20.5. The summed E-state index contributed by atoms with van der Waals surface area (Å²) in [6.07, 6.45) is 3.27. The average molecular weight is 535 g/mol. The molecule has 5 rings (SSSR count). The summed E-state index contributed by atoms with van der Waals surface area (Å²) in [5.74, 6) is -2.54. The lowest BCUT2D eigenvalue weighted by Crippen LogP contribution is -2.55. The van der Waals surface area contributed by atoms with Crippen LogP contribution in [0.15, 0.2) is 54.7 Å². The third-order valence-corrected chi connectivity index (χ3v) is 7.42. The molecule has 0 bridgehead atoms. The van der Waals surface area contributed by atoms with Gasteiger partial charge in [0.25, 0.3) is 11.8 Å². The molecule has 9 nitrogen and oxygen atoms in total. The number of hydrogen-bond acceptors (Lipinski definition) is 6. The highest BCUT2D eigenvalue weighted by molar-refractivity contribution is 6.30. The molecule has 1 unspecified atom stereocenters. The van der Waals surface area contributed by atoms with E-state index in [2.05, 4.69) is 20.9 Å². The molecule has 10 heteroatoms. The van der Waals surface area contributed by atoms with Crippen molar-refractivity contribution in [2.45, 2.75) is 37.3 Å². The SMILES string of the molecule is O=C(NC1CCNCC1)c1ccc(-c2ccnc(C(=O)NC3(C(=O)O)Cc4ccc(Cl)cc4C3)c2O)cc1. The molecule has 1 aromatic heterocycles. The summed E-state index contributed by atoms with van der Waals surface area (Å²) in [6, 6.07) is 13.5. The molecule has 0 saturated carbocycles. The summed E-state index contributed by atoms with van der Waals surface area (Å²) >= 11 is 6.06. The van der Waals surface area contributed by atoms with Gasteiger partial charge in [-0.1, -0.05) is 29.8 Å². The maximum atomic E-state index is 13.2. The van der Waals surface area contributed by atoms with Crippen LogP contribution in [0, 0.1) is 0 Å². The van der Waals surface area contributed by atoms with E-state index in [0.29, 0.717) is 21.7 Å². The number of rotatable bonds is 6. The van der Waals surface area contributed by atoms with Gasteiger partial charge in [0.2, 0.25) is 0 Å². The number of benzene rings is 2. The Bertz CT molecular complexity index is 1400. The molecule has 3 aromatic rings. The Morgan fingerprint density at radius 3 is 2.39 bits per heavy atom. The molecule has 196 valence electrons. The van der Waals surface area contributed by atoms with E-state index >= 15 is 0 Å². The summed E-state index contributed by atoms with van der Waals surface area (Å²) in [4.78, 5) is 42.1. The van der Waals surface area contributed by atoms with Crippen molar-refractivity contribution in [2.24, 2.45) is 0 Å². The molecule has 2 aliphatic rings. The Labute approximate surface area is 224 Å². The highest BCUT2D eigenvalue weighted by Crippen LogP contribution is 2.35. The topological polar surface area (TPSA) is 141 Å². The number of nitrogens with one attached hydrogen (secondary N) is 3. The zero-order chi connectivity index (χ0) is 26.9. The smallest absolute Gasteiger partial charge is 0.330 e. The number of piperidine rings is 1. The van der Waals surface area contributed by atoms with E-state index < -0.39 is 17.4 Å². The second-order valence-electron chi connectivity index (χ2n) is 9.74. The van der Waals surface area contributed by atoms with Gasteiger partial charge in [0.15, 0.2) is 11.4 Å². The molecule has 1 aliphatic heterocycles. The number of nitrogens with zero attached hydrogens (tertiary/aromatic N) is 1. The van der Waals surface area contributed by atoms with Gasteiger partial charge in [-0.3, -0.25) is 9.59 Å². The van der Waals surface area contributed by atoms with E-state index in [9.17, 15) is 24.6 Å². The number of aromatic hydroxyl groups is 1. The maximum absolute atomic E-state index is 13.2. The zero-order valence-corrected chi connectivity index (χ0v) is 21.2. The molecule has 2 aromatic carbocycles. The molecule has 2 heterocycles. The van der Waals surface area contributed by atoms with E-state index in [1.54, 1.807) is 48.5 Å². The van der Waals surface area contributed by atoms with Gasteiger partial charge in [0.1, 0.15) is 5.54 Å². The minimum atomic E-state index is -1.59. The van der Waals surface area contributed by atoms with Crippen LogP contribution < -0.4 is 16.0 Å². The van der Waals surface area contributed by atoms with Gasteiger partial charge in [-0.2, -0.15) is 0 Å². The van der Waals surface area contributed by atoms with Gasteiger partial charge in [0.05, 0.1) is 0 Å². The van der Waals surface area contributed by atoms with Crippen molar-refractivity contribution in [3.8, 4) is 16.9 Å². The van der Waals surface area contributed by atoms with E-state index in [1.165, 1.54) is 6.20 Å². The van der Waals surface area contributed by atoms with Crippen molar-refractivity contribution in [1.82, 2.24) is 20.9 Å². The lowest BCUT2D eigenvalue weighted by atomic mass is 9.95. The molecule has 1 fully saturated rings. The molecular weight excluding hydrogens is 508 g/mol. The highest BCUT2D eigenvalue weighted by atomic mass is 35.5. The van der Waals surface area contributed by atoms with Crippen LogP contribution >= 0.6 is 11.6 Å². The van der Waals surface area contributed by atoms with E-state index in [4.69, 9.17) is 11.6 Å². The monoisotopic (exact) mass is 534 g/mol. The number of amides is 2. The number of fused-ring (bicyclic) bond motifs is 1. The van der Waals surface area contributed by atoms with Crippen molar-refractivity contribution < 1.29 is 24.6 Å². The fourth-order valence-electron chi connectivity index (χ4n) is 5.10. The lowest BCUT2D eigenvalue weighted by Gasteiger charge is -2.25. The van der Waals surface area contributed by atoms with Crippen LogP contribution in [0.4, 0.5) is 0 Å². The average Bonchev–Trinajstić information content (AvgIpc) is 3.28. The second-order valence-corrected chi connectivity index (χ2v) is 10.2. The Morgan fingerprint density at radius 2 is 1.68 bits per heavy atom. The summed E-state index contributed by atoms with van der Waals surface area (Å²) in [6.45, 7) is 1.74. The number of aliphatic carboxylic acids is 1. The summed E-state index contributed by atoms with van der Waals surface area (Å²) in [5.41, 5.74) is 1.06. The van der Waals surface area contributed by atoms with Crippen LogP contribution in [0.25, 0.3) is 11.1 Å². The van der Waals surface area contributed by atoms with Crippen molar-refractivity contribution in [3.63, 3.8) is 0 Å². The molecule has 2 amide bonds. The van der Waals surface area contributed by atoms with Crippen LogP contribution in [0.2, 0.25) is 5.02 Å². The van der Waals surface area contributed by atoms with E-state index in [-0.39, 0.29) is 36.2 Å². The van der Waals surface area contributed by atoms with Crippen molar-refractivity contribution in [2.75, 3.05) is 13.1 Å². The highest BCUT2D eigenvalue weighted by Gasteiger charge is 2.46. The number of hydrogen-bond donors (Lipinski definition) is 5. The van der Waals surface area contributed by atoms with E-state index in [1.807, 2.05) is 0 Å². The summed E-state index contributed by atoms with van der Waals surface area (Å²) < 4.78 is 0. The Balaban J connectivity index is 1.34. The molecule has 1 saturated heterocycles. The molecule has 1 aliphatic carbocycles. The first-order valence-electron chi connectivity index (χ1n) is 12.4. The number of halogens is 1. The predicted octanol–water partition coefficient (Wildman–Crippen LogP) is 2.94. The van der Waals surface area contributed by atoms with Crippen LogP contribution in [0.1, 0.15) is 44.8 Å². The van der Waals surface area contributed by atoms with Gasteiger partial charge in [0, 0.05) is 41.2 Å². The minimum absolute atomic E-state index is 0.0608. The van der Waals surface area contributed by atoms with Crippen LogP contribution in [-0.4, -0.2) is 57.7 Å². The Hall–Kier alpha value is -3.95. The second kappa shape index (κ2) is 10.4. The Kier molecular flexibility index (Phi) is 7.05. The number of pyridine rings is 1. The number of carbonyl (C=O) groups is 3. The van der Waals surface area contributed by atoms with E-state index in [0.717, 1.165) is 37.1 Å². The minimum Gasteiger partial charge on any atom is -0.505 e. The maximum Gasteiger partial charge on any atom is 0.330 e. The number of carboxylic acid groups (broad SMARTS) is 1. The van der Waals surface area contributed by atoms with Crippen molar-refractivity contribution in [1.29, 1.82) is 0 Å². The molecule has 1 atom stereocenters. The van der Waals surface area contributed by atoms with Crippen LogP contribution in [0.5, 0.6) is 5.75 Å². The van der Waals surface area contributed by atoms with Gasteiger partial charge < -0.3 is 26.2 Å². The van der Waals surface area contributed by atoms with Gasteiger partial charge in [-0.15, -0.1) is 0 Å². The van der Waals surface area contributed by atoms with Gasteiger partial charge in [-0.05, 0) is 73.0 Å². The molecule has 38 heavy (non-hydrogen) atoms. The van der Waals surface area contributed by atoms with Crippen LogP contribution in [-0.2, 0) is 17.6 Å². The standard InChI is InChI=1S/C28H27ClN4O5/c29-20-6-5-18-14-28(27(37)38,15-19(18)13-20)33-26(36)23-24(34)22(9-12-31-23)16-1-3-17(4-2-16)25(35)32-21-7-10-30-11-8-21/h1-6,9,12-13,21,30,34H,7-8,10-11,14-15H2,(H,32,35)(H,33,36)(H,37,38). The predicted molar refractivity (Wildman–Crippen MR) is 141 cm³/mol. The third-order valence-electron chi connectivity index (χ3n) is 7.19. The fraction of sp³-hybridized carbons (Fsp3) is 0.286. The lowest BCUT2D eigenvalue weighted by molar-refractivity contribution is -0.144. The van der Waals surface area contributed by atoms with Crippen molar-refractivity contribution >= 4 is 29.4 Å². The first kappa shape index (κ1) is 25.7. The van der Waals surface area contributed by atoms with Gasteiger partial charge in [-0.25, -0.2) is 9.78 Å². The third kappa shape index (κ3) is 5.07. The quantitative estimate of drug-likeness (QED) is 0.327. The summed E-state index contributed by atoms with van der Waals surface area (Å²) in [7, 11) is 0. The Morgan fingerprint density at radius 1 is 0.974 bits per heavy atom. The first-order chi connectivity index (χ1) is 18.3. The largest absolute Gasteiger partial charge is 0.505 e. The molecule has 0 radical (unpaired) electrons. The summed E-state index contributed by atoms with van der Waals surface area (Å²) in [5, 5.41) is 30.3. The molecule has 0 spiro atoms. The van der Waals surface area contributed by atoms with Gasteiger partial charge >= 0.3 is 5.97 Å². The number of aromatic nitrogens is 1.